The molecule has 29 heavy (non-hydrogen) atoms. The molecule has 0 spiro atoms. The fourth-order valence-corrected chi connectivity index (χ4v) is 2.81. The molecule has 0 heterocycles. The van der Waals surface area contributed by atoms with E-state index in [0.29, 0.717) is 60.6 Å². The molecule has 0 aromatic heterocycles. The highest BCUT2D eigenvalue weighted by atomic mass is 16.5. The van der Waals surface area contributed by atoms with Gasteiger partial charge in [-0.1, -0.05) is 12.1 Å². The maximum absolute atomic E-state index is 12.0. The van der Waals surface area contributed by atoms with Crippen LogP contribution in [0, 0.1) is 0 Å². The highest BCUT2D eigenvalue weighted by Crippen LogP contribution is 2.33. The zero-order valence-electron chi connectivity index (χ0n) is 17.4. The summed E-state index contributed by atoms with van der Waals surface area (Å²) in [6.45, 7) is 9.47. The second kappa shape index (κ2) is 11.0. The van der Waals surface area contributed by atoms with Crippen molar-refractivity contribution in [1.82, 2.24) is 0 Å². The van der Waals surface area contributed by atoms with Gasteiger partial charge in [-0.25, -0.2) is 4.79 Å². The van der Waals surface area contributed by atoms with Gasteiger partial charge in [0, 0.05) is 0 Å². The molecule has 0 bridgehead atoms. The minimum absolute atomic E-state index is 0.139. The van der Waals surface area contributed by atoms with Crippen LogP contribution in [0.2, 0.25) is 0 Å². The van der Waals surface area contributed by atoms with E-state index in [1.54, 1.807) is 42.5 Å². The van der Waals surface area contributed by atoms with Gasteiger partial charge in [-0.2, -0.15) is 0 Å². The number of carboxylic acid groups (broad SMARTS) is 1. The van der Waals surface area contributed by atoms with Crippen molar-refractivity contribution in [3.8, 4) is 23.0 Å². The molecule has 0 radical (unpaired) electrons. The summed E-state index contributed by atoms with van der Waals surface area (Å²) in [6.07, 6.45) is 1.60. The van der Waals surface area contributed by atoms with Crippen LogP contribution in [-0.2, 0) is 4.79 Å². The van der Waals surface area contributed by atoms with Crippen LogP contribution in [0.5, 0.6) is 23.0 Å². The van der Waals surface area contributed by atoms with E-state index < -0.39 is 5.97 Å². The molecule has 2 rings (SSSR count). The summed E-state index contributed by atoms with van der Waals surface area (Å²) in [5.41, 5.74) is 1.36. The van der Waals surface area contributed by atoms with Crippen molar-refractivity contribution in [2.45, 2.75) is 27.7 Å². The van der Waals surface area contributed by atoms with E-state index in [1.165, 1.54) is 0 Å². The lowest BCUT2D eigenvalue weighted by atomic mass is 10.0. The van der Waals surface area contributed by atoms with Crippen molar-refractivity contribution in [3.63, 3.8) is 0 Å². The van der Waals surface area contributed by atoms with Gasteiger partial charge in [0.25, 0.3) is 0 Å². The fourth-order valence-electron chi connectivity index (χ4n) is 2.81. The van der Waals surface area contributed by atoms with Crippen molar-refractivity contribution in [1.29, 1.82) is 0 Å². The summed E-state index contributed by atoms with van der Waals surface area (Å²) >= 11 is 0. The van der Waals surface area contributed by atoms with Crippen LogP contribution in [0.4, 0.5) is 0 Å². The third-order valence-electron chi connectivity index (χ3n) is 3.96. The molecule has 0 saturated heterocycles. The molecule has 0 fully saturated rings. The lowest BCUT2D eigenvalue weighted by Crippen LogP contribution is -2.03. The van der Waals surface area contributed by atoms with E-state index in [-0.39, 0.29) is 5.57 Å². The summed E-state index contributed by atoms with van der Waals surface area (Å²) < 4.78 is 22.4. The minimum Gasteiger partial charge on any atom is -0.490 e. The summed E-state index contributed by atoms with van der Waals surface area (Å²) in [4.78, 5) is 12.0. The van der Waals surface area contributed by atoms with Crippen molar-refractivity contribution < 1.29 is 28.8 Å². The van der Waals surface area contributed by atoms with Gasteiger partial charge in [0.1, 0.15) is 0 Å². The number of hydrogen-bond acceptors (Lipinski definition) is 5. The predicted molar refractivity (Wildman–Crippen MR) is 113 cm³/mol. The molecule has 2 aromatic carbocycles. The molecule has 0 aliphatic carbocycles. The van der Waals surface area contributed by atoms with Crippen molar-refractivity contribution >= 4 is 17.6 Å². The summed E-state index contributed by atoms with van der Waals surface area (Å²) in [6, 6.07) is 10.5. The predicted octanol–water partition coefficient (Wildman–Crippen LogP) is 4.91. The summed E-state index contributed by atoms with van der Waals surface area (Å²) in [5, 5.41) is 9.80. The Balaban J connectivity index is 2.48. The number of ether oxygens (including phenoxy) is 4. The zero-order valence-corrected chi connectivity index (χ0v) is 17.4. The molecule has 0 atom stereocenters. The Kier molecular flexibility index (Phi) is 8.40. The highest BCUT2D eigenvalue weighted by molar-refractivity contribution is 6.20. The van der Waals surface area contributed by atoms with Crippen molar-refractivity contribution in [3.05, 3.63) is 47.5 Å². The van der Waals surface area contributed by atoms with E-state index in [9.17, 15) is 9.90 Å². The Bertz CT molecular complexity index is 856. The Morgan fingerprint density at radius 3 is 1.76 bits per heavy atom. The summed E-state index contributed by atoms with van der Waals surface area (Å²) in [7, 11) is 0. The first-order valence-electron chi connectivity index (χ1n) is 9.78. The Hall–Kier alpha value is -3.15. The van der Waals surface area contributed by atoms with E-state index >= 15 is 0 Å². The molecule has 0 unspecified atom stereocenters. The number of rotatable bonds is 11. The molecule has 156 valence electrons. The second-order valence-electron chi connectivity index (χ2n) is 5.96. The molecule has 2 aromatic rings. The molecule has 6 heteroatoms. The first kappa shape index (κ1) is 22.1. The number of aliphatic carboxylic acids is 1. The van der Waals surface area contributed by atoms with Gasteiger partial charge in [-0.15, -0.1) is 0 Å². The van der Waals surface area contributed by atoms with Gasteiger partial charge in [0.2, 0.25) is 0 Å². The average Bonchev–Trinajstić information content (AvgIpc) is 2.70. The normalized spacial score (nSPS) is 11.1. The maximum Gasteiger partial charge on any atom is 0.336 e. The van der Waals surface area contributed by atoms with Crippen LogP contribution in [0.15, 0.2) is 36.4 Å². The number of carbonyl (C=O) groups is 1. The van der Waals surface area contributed by atoms with E-state index in [2.05, 4.69) is 0 Å². The van der Waals surface area contributed by atoms with Crippen LogP contribution in [-0.4, -0.2) is 37.5 Å². The quantitative estimate of drug-likeness (QED) is 0.427. The van der Waals surface area contributed by atoms with E-state index in [4.69, 9.17) is 18.9 Å². The molecule has 0 amide bonds. The summed E-state index contributed by atoms with van der Waals surface area (Å²) in [5.74, 6) is 1.27. The van der Waals surface area contributed by atoms with Crippen LogP contribution in [0.1, 0.15) is 38.8 Å². The number of hydrogen-bond donors (Lipinski definition) is 1. The van der Waals surface area contributed by atoms with Crippen LogP contribution < -0.4 is 18.9 Å². The second-order valence-corrected chi connectivity index (χ2v) is 5.96. The Labute approximate surface area is 171 Å². The van der Waals surface area contributed by atoms with Gasteiger partial charge in [0.05, 0.1) is 32.0 Å². The van der Waals surface area contributed by atoms with Gasteiger partial charge in [0.15, 0.2) is 23.0 Å². The SMILES string of the molecule is CCOc1ccc(C=C(C(=O)O)c2ccc(OCC)c(OCC)c2)cc1OCC. The number of carboxylic acids is 1. The fraction of sp³-hybridized carbons (Fsp3) is 0.348. The molecule has 0 aliphatic heterocycles. The van der Waals surface area contributed by atoms with Gasteiger partial charge in [-0.05, 0) is 69.2 Å². The Morgan fingerprint density at radius 1 is 0.759 bits per heavy atom. The van der Waals surface area contributed by atoms with Crippen molar-refractivity contribution in [2.75, 3.05) is 26.4 Å². The van der Waals surface area contributed by atoms with Gasteiger partial charge < -0.3 is 24.1 Å². The number of benzene rings is 2. The first-order valence-corrected chi connectivity index (χ1v) is 9.78. The standard InChI is InChI=1S/C23H28O6/c1-5-26-19-11-9-16(14-21(19)28-7-3)13-18(23(24)25)17-10-12-20(27-6-2)22(15-17)29-8-4/h9-15H,5-8H2,1-4H3,(H,24,25). The molecule has 1 N–H and O–H groups in total. The van der Waals surface area contributed by atoms with E-state index in [1.807, 2.05) is 27.7 Å². The molecular formula is C23H28O6. The van der Waals surface area contributed by atoms with Gasteiger partial charge in [-0.3, -0.25) is 0 Å². The molecular weight excluding hydrogens is 372 g/mol. The maximum atomic E-state index is 12.0. The highest BCUT2D eigenvalue weighted by Gasteiger charge is 2.15. The monoisotopic (exact) mass is 400 g/mol. The molecule has 0 saturated carbocycles. The smallest absolute Gasteiger partial charge is 0.336 e. The topological polar surface area (TPSA) is 74.2 Å². The third-order valence-corrected chi connectivity index (χ3v) is 3.96. The van der Waals surface area contributed by atoms with E-state index in [0.717, 1.165) is 0 Å². The lowest BCUT2D eigenvalue weighted by molar-refractivity contribution is -0.130. The largest absolute Gasteiger partial charge is 0.490 e. The molecule has 6 nitrogen and oxygen atoms in total. The van der Waals surface area contributed by atoms with Crippen LogP contribution in [0.3, 0.4) is 0 Å². The van der Waals surface area contributed by atoms with Crippen LogP contribution >= 0.6 is 0 Å². The Morgan fingerprint density at radius 2 is 1.24 bits per heavy atom. The van der Waals surface area contributed by atoms with Crippen LogP contribution in [0.25, 0.3) is 11.6 Å². The van der Waals surface area contributed by atoms with Gasteiger partial charge >= 0.3 is 5.97 Å². The zero-order chi connectivity index (χ0) is 21.2. The molecule has 0 aliphatic rings. The minimum atomic E-state index is -1.04. The first-order chi connectivity index (χ1) is 14.0. The van der Waals surface area contributed by atoms with Crippen molar-refractivity contribution in [2.24, 2.45) is 0 Å². The average molecular weight is 400 g/mol. The lowest BCUT2D eigenvalue weighted by Gasteiger charge is -2.13. The third kappa shape index (κ3) is 5.91.